The van der Waals surface area contributed by atoms with Gasteiger partial charge in [-0.25, -0.2) is 9.97 Å². The fourth-order valence-electron chi connectivity index (χ4n) is 1.10. The van der Waals surface area contributed by atoms with Crippen LogP contribution in [-0.4, -0.2) is 9.97 Å². The van der Waals surface area contributed by atoms with Crippen molar-refractivity contribution in [1.82, 2.24) is 9.97 Å². The molecule has 0 saturated carbocycles. The molecule has 0 aliphatic carbocycles. The fraction of sp³-hybridized carbons (Fsp3) is 0.300. The molecule has 0 N–H and O–H groups in total. The normalized spacial score (nSPS) is 8.60. The van der Waals surface area contributed by atoms with E-state index in [4.69, 9.17) is 15.8 Å². The zero-order valence-electron chi connectivity index (χ0n) is 7.93. The Morgan fingerprint density at radius 2 is 1.67 bits per heavy atom. The number of nitrogens with zero attached hydrogens (tertiary/aromatic N) is 5. The second-order valence-electron chi connectivity index (χ2n) is 2.76. The average molecular weight is 197 g/mol. The maximum Gasteiger partial charge on any atom is 0.142 e. The molecule has 0 radical (unpaired) electrons. The third-order valence-corrected chi connectivity index (χ3v) is 1.76. The van der Waals surface area contributed by atoms with Gasteiger partial charge in [0, 0.05) is 11.8 Å². The maximum absolute atomic E-state index is 8.57. The van der Waals surface area contributed by atoms with Gasteiger partial charge in [0.15, 0.2) is 0 Å². The summed E-state index contributed by atoms with van der Waals surface area (Å²) in [6.45, 7) is 0. The molecule has 0 aliphatic heterocycles. The van der Waals surface area contributed by atoms with Crippen molar-refractivity contribution in [3.63, 3.8) is 0 Å². The van der Waals surface area contributed by atoms with Gasteiger partial charge in [-0.15, -0.1) is 0 Å². The Morgan fingerprint density at radius 1 is 1.00 bits per heavy atom. The molecule has 72 valence electrons. The predicted molar refractivity (Wildman–Crippen MR) is 50.0 cm³/mol. The van der Waals surface area contributed by atoms with Crippen LogP contribution in [0.5, 0.6) is 0 Å². The Morgan fingerprint density at radius 3 is 2.27 bits per heavy atom. The molecule has 0 bridgehead atoms. The van der Waals surface area contributed by atoms with Crippen molar-refractivity contribution in [3.05, 3.63) is 23.3 Å². The summed E-state index contributed by atoms with van der Waals surface area (Å²) >= 11 is 0. The summed E-state index contributed by atoms with van der Waals surface area (Å²) in [6.07, 6.45) is 1.95. The Balaban J connectivity index is 3.06. The largest absolute Gasteiger partial charge is 0.240 e. The summed E-state index contributed by atoms with van der Waals surface area (Å²) in [5, 5.41) is 25.6. The van der Waals surface area contributed by atoms with Gasteiger partial charge in [0.05, 0.1) is 43.2 Å². The summed E-state index contributed by atoms with van der Waals surface area (Å²) in [7, 11) is 0. The lowest BCUT2D eigenvalue weighted by atomic mass is 10.1. The second kappa shape index (κ2) is 5.32. The van der Waals surface area contributed by atoms with Crippen molar-refractivity contribution in [3.8, 4) is 18.2 Å². The van der Waals surface area contributed by atoms with Crippen LogP contribution in [0, 0.1) is 34.0 Å². The maximum atomic E-state index is 8.57. The van der Waals surface area contributed by atoms with Crippen molar-refractivity contribution in [1.29, 1.82) is 15.8 Å². The number of aromatic nitrogens is 2. The van der Waals surface area contributed by atoms with Crippen molar-refractivity contribution >= 4 is 0 Å². The minimum atomic E-state index is 0.116. The smallest absolute Gasteiger partial charge is 0.142 e. The highest BCUT2D eigenvalue weighted by molar-refractivity contribution is 5.24. The topological polar surface area (TPSA) is 97.1 Å². The van der Waals surface area contributed by atoms with E-state index in [0.29, 0.717) is 17.1 Å². The predicted octanol–water partition coefficient (Wildman–Crippen LogP) is 0.675. The lowest BCUT2D eigenvalue weighted by Gasteiger charge is -2.02. The second-order valence-corrected chi connectivity index (χ2v) is 2.76. The Hall–Kier alpha value is -2.45. The SMILES string of the molecule is N#CCc1ncc(CC#N)c(CC#N)n1. The van der Waals surface area contributed by atoms with E-state index in [-0.39, 0.29) is 19.3 Å². The number of rotatable bonds is 3. The van der Waals surface area contributed by atoms with Gasteiger partial charge in [-0.1, -0.05) is 0 Å². The van der Waals surface area contributed by atoms with E-state index in [2.05, 4.69) is 9.97 Å². The molecular weight excluding hydrogens is 190 g/mol. The quantitative estimate of drug-likeness (QED) is 0.709. The molecule has 0 fully saturated rings. The van der Waals surface area contributed by atoms with Crippen LogP contribution in [0.4, 0.5) is 0 Å². The zero-order chi connectivity index (χ0) is 11.1. The molecule has 0 unspecified atom stereocenters. The standard InChI is InChI=1S/C10H7N5/c11-4-1-8-7-14-10(3-6-13)15-9(8)2-5-12/h7H,1-3H2. The summed E-state index contributed by atoms with van der Waals surface area (Å²) < 4.78 is 0. The molecule has 5 nitrogen and oxygen atoms in total. The first-order valence-electron chi connectivity index (χ1n) is 4.26. The van der Waals surface area contributed by atoms with Crippen molar-refractivity contribution in [2.24, 2.45) is 0 Å². The highest BCUT2D eigenvalue weighted by atomic mass is 14.9. The molecule has 1 aromatic heterocycles. The number of hydrogen-bond donors (Lipinski definition) is 0. The molecular formula is C10H7N5. The van der Waals surface area contributed by atoms with Gasteiger partial charge in [0.2, 0.25) is 0 Å². The van der Waals surface area contributed by atoms with Gasteiger partial charge >= 0.3 is 0 Å². The fourth-order valence-corrected chi connectivity index (χ4v) is 1.10. The van der Waals surface area contributed by atoms with Crippen molar-refractivity contribution in [2.45, 2.75) is 19.3 Å². The third kappa shape index (κ3) is 2.76. The van der Waals surface area contributed by atoms with Gasteiger partial charge in [0.1, 0.15) is 5.82 Å². The molecule has 5 heteroatoms. The molecule has 0 amide bonds. The molecule has 15 heavy (non-hydrogen) atoms. The summed E-state index contributed by atoms with van der Waals surface area (Å²) in [6, 6.07) is 5.88. The van der Waals surface area contributed by atoms with Gasteiger partial charge in [0.25, 0.3) is 0 Å². The van der Waals surface area contributed by atoms with Crippen LogP contribution >= 0.6 is 0 Å². The van der Waals surface area contributed by atoms with E-state index in [1.165, 1.54) is 6.20 Å². The van der Waals surface area contributed by atoms with Crippen LogP contribution in [0.2, 0.25) is 0 Å². The number of hydrogen-bond acceptors (Lipinski definition) is 5. The van der Waals surface area contributed by atoms with Gasteiger partial charge < -0.3 is 0 Å². The Bertz CT molecular complexity index is 472. The van der Waals surface area contributed by atoms with Crippen molar-refractivity contribution in [2.75, 3.05) is 0 Å². The first-order chi connectivity index (χ1) is 7.31. The van der Waals surface area contributed by atoms with Crippen LogP contribution in [0.3, 0.4) is 0 Å². The van der Waals surface area contributed by atoms with E-state index < -0.39 is 0 Å². The van der Waals surface area contributed by atoms with Gasteiger partial charge in [-0.3, -0.25) is 0 Å². The van der Waals surface area contributed by atoms with Crippen molar-refractivity contribution < 1.29 is 0 Å². The van der Waals surface area contributed by atoms with Gasteiger partial charge in [-0.2, -0.15) is 15.8 Å². The third-order valence-electron chi connectivity index (χ3n) is 1.76. The first kappa shape index (κ1) is 10.6. The Labute approximate surface area is 87.2 Å². The van der Waals surface area contributed by atoms with E-state index >= 15 is 0 Å². The minimum Gasteiger partial charge on any atom is -0.240 e. The van der Waals surface area contributed by atoms with Crippen LogP contribution in [0.25, 0.3) is 0 Å². The van der Waals surface area contributed by atoms with Crippen LogP contribution in [0.1, 0.15) is 17.1 Å². The lowest BCUT2D eigenvalue weighted by molar-refractivity contribution is 0.914. The Kier molecular flexibility index (Phi) is 3.77. The summed E-state index contributed by atoms with van der Waals surface area (Å²) in [4.78, 5) is 8.00. The minimum absolute atomic E-state index is 0.116. The number of nitriles is 3. The molecule has 0 saturated heterocycles. The summed E-state index contributed by atoms with van der Waals surface area (Å²) in [5.41, 5.74) is 1.19. The zero-order valence-corrected chi connectivity index (χ0v) is 7.93. The highest BCUT2D eigenvalue weighted by Gasteiger charge is 2.06. The van der Waals surface area contributed by atoms with E-state index in [1.54, 1.807) is 0 Å². The van der Waals surface area contributed by atoms with E-state index in [1.807, 2.05) is 18.2 Å². The van der Waals surface area contributed by atoms with E-state index in [0.717, 1.165) is 0 Å². The molecule has 1 aromatic rings. The lowest BCUT2D eigenvalue weighted by Crippen LogP contribution is -2.03. The molecule has 0 spiro atoms. The highest BCUT2D eigenvalue weighted by Crippen LogP contribution is 2.07. The van der Waals surface area contributed by atoms with E-state index in [9.17, 15) is 0 Å². The molecule has 0 aliphatic rings. The van der Waals surface area contributed by atoms with Gasteiger partial charge in [-0.05, 0) is 0 Å². The molecule has 1 rings (SSSR count). The van der Waals surface area contributed by atoms with Crippen LogP contribution in [0.15, 0.2) is 6.20 Å². The first-order valence-corrected chi connectivity index (χ1v) is 4.26. The molecule has 0 aromatic carbocycles. The molecule has 1 heterocycles. The average Bonchev–Trinajstić information content (AvgIpc) is 2.23. The van der Waals surface area contributed by atoms with Crippen LogP contribution < -0.4 is 0 Å². The molecule has 0 atom stereocenters. The summed E-state index contributed by atoms with van der Waals surface area (Å²) in [5.74, 6) is 0.393. The van der Waals surface area contributed by atoms with Crippen LogP contribution in [-0.2, 0) is 19.3 Å². The monoisotopic (exact) mass is 197 g/mol.